The predicted molar refractivity (Wildman–Crippen MR) is 162 cm³/mol. The van der Waals surface area contributed by atoms with Gasteiger partial charge < -0.3 is 9.80 Å². The number of hydrogen-bond acceptors (Lipinski definition) is 5. The van der Waals surface area contributed by atoms with Crippen molar-refractivity contribution < 1.29 is 35.9 Å². The lowest BCUT2D eigenvalue weighted by Crippen LogP contribution is -2.58. The lowest BCUT2D eigenvalue weighted by molar-refractivity contribution is -0.143. The average molecular weight is 665 g/mol. The SMILES string of the molecule is O=C(c1cc(C(F)(F)F)cc(C(F)(F)F)c1)N1CCC(N2CCN(C3CCN(C(=O)c4cccs4)C3)CC2)C(c2ccccc2)C1. The molecule has 4 heterocycles. The molecule has 3 saturated heterocycles. The lowest BCUT2D eigenvalue weighted by atomic mass is 9.84. The third kappa shape index (κ3) is 6.96. The van der Waals surface area contributed by atoms with Gasteiger partial charge in [0.1, 0.15) is 0 Å². The molecule has 0 radical (unpaired) electrons. The number of thiophene rings is 1. The number of likely N-dealkylation sites (tertiary alicyclic amines) is 2. The molecule has 0 saturated carbocycles. The van der Waals surface area contributed by atoms with E-state index in [1.807, 2.05) is 52.7 Å². The van der Waals surface area contributed by atoms with E-state index in [9.17, 15) is 35.9 Å². The van der Waals surface area contributed by atoms with E-state index in [-0.39, 0.29) is 43.1 Å². The van der Waals surface area contributed by atoms with Crippen molar-refractivity contribution in [1.82, 2.24) is 19.6 Å². The van der Waals surface area contributed by atoms with Gasteiger partial charge in [-0.3, -0.25) is 19.4 Å². The predicted octanol–water partition coefficient (Wildman–Crippen LogP) is 6.32. The minimum absolute atomic E-state index is 0.0418. The van der Waals surface area contributed by atoms with Crippen LogP contribution in [-0.4, -0.2) is 95.9 Å². The number of piperazine rings is 1. The summed E-state index contributed by atoms with van der Waals surface area (Å²) in [4.78, 5) is 35.2. The van der Waals surface area contributed by atoms with Crippen LogP contribution in [0.5, 0.6) is 0 Å². The van der Waals surface area contributed by atoms with Crippen molar-refractivity contribution in [3.63, 3.8) is 0 Å². The van der Waals surface area contributed by atoms with Crippen molar-refractivity contribution >= 4 is 23.2 Å². The molecule has 3 atom stereocenters. The summed E-state index contributed by atoms with van der Waals surface area (Å²) in [5.41, 5.74) is -2.66. The quantitative estimate of drug-likeness (QED) is 0.300. The van der Waals surface area contributed by atoms with Crippen molar-refractivity contribution in [2.24, 2.45) is 0 Å². The molecular formula is C33H34F6N4O2S. The highest BCUT2D eigenvalue weighted by Crippen LogP contribution is 2.38. The first-order valence-corrected chi connectivity index (χ1v) is 16.2. The average Bonchev–Trinajstić information content (AvgIpc) is 3.77. The summed E-state index contributed by atoms with van der Waals surface area (Å²) in [5.74, 6) is -0.949. The van der Waals surface area contributed by atoms with Crippen LogP contribution in [0, 0.1) is 0 Å². The summed E-state index contributed by atoms with van der Waals surface area (Å²) in [7, 11) is 0. The first-order valence-electron chi connectivity index (χ1n) is 15.3. The number of carbonyl (C=O) groups excluding carboxylic acids is 2. The van der Waals surface area contributed by atoms with Crippen LogP contribution in [0.2, 0.25) is 0 Å². The monoisotopic (exact) mass is 664 g/mol. The van der Waals surface area contributed by atoms with E-state index in [1.54, 1.807) is 0 Å². The van der Waals surface area contributed by atoms with E-state index >= 15 is 0 Å². The van der Waals surface area contributed by atoms with Gasteiger partial charge in [-0.25, -0.2) is 0 Å². The van der Waals surface area contributed by atoms with Crippen molar-refractivity contribution in [2.45, 2.75) is 43.2 Å². The lowest BCUT2D eigenvalue weighted by Gasteiger charge is -2.47. The van der Waals surface area contributed by atoms with Gasteiger partial charge in [-0.05, 0) is 48.1 Å². The Labute approximate surface area is 267 Å². The fraction of sp³-hybridized carbons (Fsp3) is 0.455. The molecule has 6 rings (SSSR count). The largest absolute Gasteiger partial charge is 0.416 e. The number of halogens is 6. The molecule has 246 valence electrons. The van der Waals surface area contributed by atoms with E-state index in [0.717, 1.165) is 49.6 Å². The summed E-state index contributed by atoms with van der Waals surface area (Å²) in [6.45, 7) is 4.99. The minimum Gasteiger partial charge on any atom is -0.338 e. The smallest absolute Gasteiger partial charge is 0.338 e. The van der Waals surface area contributed by atoms with Crippen LogP contribution in [0.25, 0.3) is 0 Å². The molecule has 13 heteroatoms. The zero-order valence-corrected chi connectivity index (χ0v) is 25.8. The third-order valence-electron chi connectivity index (χ3n) is 9.44. The van der Waals surface area contributed by atoms with Crippen LogP contribution in [0.1, 0.15) is 55.5 Å². The zero-order chi connectivity index (χ0) is 32.6. The van der Waals surface area contributed by atoms with Gasteiger partial charge in [0.25, 0.3) is 11.8 Å². The molecule has 6 nitrogen and oxygen atoms in total. The van der Waals surface area contributed by atoms with Crippen molar-refractivity contribution in [3.8, 4) is 0 Å². The third-order valence-corrected chi connectivity index (χ3v) is 10.3. The van der Waals surface area contributed by atoms with Gasteiger partial charge in [0, 0.05) is 75.9 Å². The fourth-order valence-electron chi connectivity index (χ4n) is 7.06. The van der Waals surface area contributed by atoms with Gasteiger partial charge in [-0.15, -0.1) is 11.3 Å². The first kappa shape index (κ1) is 32.5. The van der Waals surface area contributed by atoms with Crippen LogP contribution in [-0.2, 0) is 12.4 Å². The second-order valence-electron chi connectivity index (χ2n) is 12.2. The number of alkyl halides is 6. The van der Waals surface area contributed by atoms with Gasteiger partial charge in [0.05, 0.1) is 16.0 Å². The molecule has 46 heavy (non-hydrogen) atoms. The number of rotatable bonds is 5. The maximum Gasteiger partial charge on any atom is 0.416 e. The zero-order valence-electron chi connectivity index (χ0n) is 24.9. The number of benzene rings is 2. The summed E-state index contributed by atoms with van der Waals surface area (Å²) in [6.07, 6.45) is -8.62. The summed E-state index contributed by atoms with van der Waals surface area (Å²) in [5, 5.41) is 1.90. The van der Waals surface area contributed by atoms with Crippen LogP contribution < -0.4 is 0 Å². The molecule has 1 aromatic heterocycles. The van der Waals surface area contributed by atoms with Gasteiger partial charge in [0.2, 0.25) is 0 Å². The molecule has 2 amide bonds. The van der Waals surface area contributed by atoms with Crippen molar-refractivity contribution in [2.75, 3.05) is 52.4 Å². The Hall–Kier alpha value is -3.42. The second-order valence-corrected chi connectivity index (χ2v) is 13.1. The first-order chi connectivity index (χ1) is 21.9. The minimum atomic E-state index is -5.03. The number of carbonyl (C=O) groups is 2. The topological polar surface area (TPSA) is 47.1 Å². The van der Waals surface area contributed by atoms with E-state index in [0.29, 0.717) is 25.1 Å². The van der Waals surface area contributed by atoms with Crippen molar-refractivity contribution in [1.29, 1.82) is 0 Å². The molecule has 0 aliphatic carbocycles. The molecule has 0 spiro atoms. The van der Waals surface area contributed by atoms with Crippen molar-refractivity contribution in [3.05, 3.63) is 93.2 Å². The standard InChI is InChI=1S/C33H34F6N4O2S/c34-32(35,36)24-17-23(18-25(19-24)33(37,38)39)30(44)43-11-9-28(27(21-43)22-5-2-1-3-6-22)41-14-12-40(13-15-41)26-8-10-42(20-26)31(45)29-7-4-16-46-29/h1-7,16-19,26-28H,8-15,20-21H2. The Balaban J connectivity index is 1.14. The van der Waals surface area contributed by atoms with Gasteiger partial charge in [0.15, 0.2) is 0 Å². The van der Waals surface area contributed by atoms with E-state index in [4.69, 9.17) is 0 Å². The van der Waals surface area contributed by atoms with Crippen LogP contribution in [0.3, 0.4) is 0 Å². The Morgan fingerprint density at radius 2 is 1.28 bits per heavy atom. The highest BCUT2D eigenvalue weighted by Gasteiger charge is 2.41. The Morgan fingerprint density at radius 1 is 0.674 bits per heavy atom. The number of piperidine rings is 1. The Bertz CT molecular complexity index is 1490. The second kappa shape index (κ2) is 13.0. The van der Waals surface area contributed by atoms with Crippen LogP contribution >= 0.6 is 11.3 Å². The van der Waals surface area contributed by atoms with E-state index < -0.39 is 35.0 Å². The Morgan fingerprint density at radius 3 is 1.89 bits per heavy atom. The van der Waals surface area contributed by atoms with E-state index in [1.165, 1.54) is 16.2 Å². The van der Waals surface area contributed by atoms with E-state index in [2.05, 4.69) is 9.80 Å². The van der Waals surface area contributed by atoms with Crippen LogP contribution in [0.4, 0.5) is 26.3 Å². The maximum absolute atomic E-state index is 13.5. The molecule has 0 bridgehead atoms. The molecule has 0 N–H and O–H groups in total. The number of nitrogens with zero attached hydrogens (tertiary/aromatic N) is 4. The molecule has 2 aromatic carbocycles. The molecule has 3 fully saturated rings. The van der Waals surface area contributed by atoms with Crippen LogP contribution in [0.15, 0.2) is 66.0 Å². The Kier molecular flexibility index (Phi) is 9.19. The molecule has 3 unspecified atom stereocenters. The maximum atomic E-state index is 13.5. The summed E-state index contributed by atoms with van der Waals surface area (Å²) < 4.78 is 81.0. The number of amides is 2. The van der Waals surface area contributed by atoms with Gasteiger partial charge >= 0.3 is 12.4 Å². The summed E-state index contributed by atoms with van der Waals surface area (Å²) in [6, 6.07) is 14.7. The molecule has 3 aliphatic heterocycles. The summed E-state index contributed by atoms with van der Waals surface area (Å²) >= 11 is 1.45. The highest BCUT2D eigenvalue weighted by molar-refractivity contribution is 7.12. The fourth-order valence-corrected chi connectivity index (χ4v) is 7.76. The normalized spacial score (nSPS) is 23.6. The number of hydrogen-bond donors (Lipinski definition) is 0. The van der Waals surface area contributed by atoms with Gasteiger partial charge in [-0.1, -0.05) is 36.4 Å². The molecular weight excluding hydrogens is 630 g/mol. The van der Waals surface area contributed by atoms with Gasteiger partial charge in [-0.2, -0.15) is 26.3 Å². The highest BCUT2D eigenvalue weighted by atomic mass is 32.1. The molecule has 3 aliphatic rings. The molecule has 3 aromatic rings.